The third kappa shape index (κ3) is 4.34. The van der Waals surface area contributed by atoms with Gasteiger partial charge in [0, 0.05) is 56.6 Å². The van der Waals surface area contributed by atoms with Crippen LogP contribution in [0.3, 0.4) is 0 Å². The average Bonchev–Trinajstić information content (AvgIpc) is 3.09. The quantitative estimate of drug-likeness (QED) is 0.697. The molecule has 0 saturated carbocycles. The van der Waals surface area contributed by atoms with Crippen molar-refractivity contribution in [2.24, 2.45) is 5.92 Å². The topological polar surface area (TPSA) is 49.3 Å². The fourth-order valence-corrected chi connectivity index (χ4v) is 4.49. The van der Waals surface area contributed by atoms with Crippen LogP contribution in [0.2, 0.25) is 0 Å². The number of hydrogen-bond donors (Lipinski definition) is 0. The van der Waals surface area contributed by atoms with Crippen LogP contribution >= 0.6 is 11.3 Å². The number of aromatic nitrogens is 2. The molecule has 0 radical (unpaired) electrons. The summed E-state index contributed by atoms with van der Waals surface area (Å²) in [6.07, 6.45) is 2.78. The van der Waals surface area contributed by atoms with Gasteiger partial charge in [0.15, 0.2) is 0 Å². The summed E-state index contributed by atoms with van der Waals surface area (Å²) in [6.45, 7) is 5.98. The maximum Gasteiger partial charge on any atom is 0.219 e. The second-order valence-electron chi connectivity index (χ2n) is 7.24. The second-order valence-corrected chi connectivity index (χ2v) is 7.96. The van der Waals surface area contributed by atoms with Gasteiger partial charge in [0.05, 0.1) is 16.7 Å². The average molecular weight is 381 g/mol. The summed E-state index contributed by atoms with van der Waals surface area (Å²) in [5.41, 5.74) is 5.34. The Labute approximate surface area is 163 Å². The van der Waals surface area contributed by atoms with E-state index in [9.17, 15) is 4.79 Å². The van der Waals surface area contributed by atoms with Crippen molar-refractivity contribution >= 4 is 28.1 Å². The lowest BCUT2D eigenvalue weighted by molar-refractivity contribution is -0.129. The highest BCUT2D eigenvalue weighted by molar-refractivity contribution is 7.07. The lowest BCUT2D eigenvalue weighted by atomic mass is 9.95. The molecule has 1 aromatic carbocycles. The van der Waals surface area contributed by atoms with E-state index in [1.54, 1.807) is 18.3 Å². The van der Waals surface area contributed by atoms with Gasteiger partial charge in [0.2, 0.25) is 5.91 Å². The molecule has 1 aliphatic rings. The number of nitrogens with zero attached hydrogens (tertiary/aromatic N) is 4. The van der Waals surface area contributed by atoms with E-state index in [1.807, 2.05) is 22.7 Å². The molecule has 1 unspecified atom stereocenters. The molecule has 0 spiro atoms. The first-order valence-corrected chi connectivity index (χ1v) is 10.3. The molecular weight excluding hydrogens is 356 g/mol. The monoisotopic (exact) mass is 380 g/mol. The normalized spacial score (nSPS) is 18.6. The molecule has 1 fully saturated rings. The summed E-state index contributed by atoms with van der Waals surface area (Å²) in [7, 11) is 0. The van der Waals surface area contributed by atoms with Crippen molar-refractivity contribution in [3.05, 3.63) is 58.7 Å². The smallest absolute Gasteiger partial charge is 0.219 e. The Morgan fingerprint density at radius 2 is 2.11 bits per heavy atom. The van der Waals surface area contributed by atoms with Crippen LogP contribution in [0.5, 0.6) is 0 Å². The predicted molar refractivity (Wildman–Crippen MR) is 109 cm³/mol. The van der Waals surface area contributed by atoms with Crippen LogP contribution in [0, 0.1) is 5.92 Å². The van der Waals surface area contributed by atoms with Gasteiger partial charge in [0.1, 0.15) is 0 Å². The minimum Gasteiger partial charge on any atom is -0.341 e. The predicted octanol–water partition coefficient (Wildman–Crippen LogP) is 3.21. The summed E-state index contributed by atoms with van der Waals surface area (Å²) in [5.74, 6) is 0.552. The number of rotatable bonds is 4. The Balaban J connectivity index is 1.56. The van der Waals surface area contributed by atoms with Gasteiger partial charge in [-0.2, -0.15) is 0 Å². The summed E-state index contributed by atoms with van der Waals surface area (Å²) in [6, 6.07) is 10.5. The van der Waals surface area contributed by atoms with Gasteiger partial charge < -0.3 is 4.90 Å². The first kappa shape index (κ1) is 18.1. The first-order valence-electron chi connectivity index (χ1n) is 9.36. The van der Waals surface area contributed by atoms with Crippen LogP contribution in [-0.2, 0) is 17.8 Å². The van der Waals surface area contributed by atoms with Gasteiger partial charge in [-0.25, -0.2) is 4.98 Å². The van der Waals surface area contributed by atoms with Crippen LogP contribution in [0.25, 0.3) is 10.9 Å². The Morgan fingerprint density at radius 1 is 1.19 bits per heavy atom. The van der Waals surface area contributed by atoms with Gasteiger partial charge in [0.25, 0.3) is 0 Å². The van der Waals surface area contributed by atoms with E-state index < -0.39 is 0 Å². The lowest BCUT2D eigenvalue weighted by Gasteiger charge is -2.24. The second kappa shape index (κ2) is 8.15. The van der Waals surface area contributed by atoms with Crippen molar-refractivity contribution in [1.29, 1.82) is 0 Å². The number of pyridine rings is 1. The van der Waals surface area contributed by atoms with Crippen molar-refractivity contribution in [2.45, 2.75) is 19.9 Å². The van der Waals surface area contributed by atoms with E-state index in [4.69, 9.17) is 0 Å². The largest absolute Gasteiger partial charge is 0.341 e. The van der Waals surface area contributed by atoms with Crippen LogP contribution in [-0.4, -0.2) is 51.9 Å². The van der Waals surface area contributed by atoms with Gasteiger partial charge in [-0.1, -0.05) is 18.2 Å². The maximum absolute atomic E-state index is 12.1. The SMILES string of the molecule is CC(=O)N1CCN(Cc2cscn2)CC(Cc2cccc3ncccc23)C1. The Hall–Kier alpha value is -2.31. The van der Waals surface area contributed by atoms with Crippen LogP contribution < -0.4 is 0 Å². The molecule has 1 amide bonds. The zero-order chi connectivity index (χ0) is 18.6. The van der Waals surface area contributed by atoms with Gasteiger partial charge in [-0.3, -0.25) is 14.7 Å². The number of hydrogen-bond acceptors (Lipinski definition) is 5. The van der Waals surface area contributed by atoms with Crippen molar-refractivity contribution in [3.8, 4) is 0 Å². The van der Waals surface area contributed by atoms with Crippen LogP contribution in [0.15, 0.2) is 47.4 Å². The van der Waals surface area contributed by atoms with E-state index >= 15 is 0 Å². The lowest BCUT2D eigenvalue weighted by Crippen LogP contribution is -2.34. The van der Waals surface area contributed by atoms with E-state index in [2.05, 4.69) is 44.5 Å². The molecular formula is C21H24N4OS. The molecule has 0 aliphatic carbocycles. The molecule has 1 saturated heterocycles. The fourth-order valence-electron chi connectivity index (χ4n) is 3.94. The summed E-state index contributed by atoms with van der Waals surface area (Å²) < 4.78 is 0. The Bertz CT molecular complexity index is 906. The minimum atomic E-state index is 0.162. The molecule has 2 aromatic heterocycles. The van der Waals surface area contributed by atoms with Gasteiger partial charge in [-0.05, 0) is 30.0 Å². The number of carbonyl (C=O) groups excluding carboxylic acids is 1. The third-order valence-corrected chi connectivity index (χ3v) is 5.88. The standard InChI is InChI=1S/C21H24N4OS/c1-16(26)25-9-8-24(13-19-14-27-15-23-19)11-17(12-25)10-18-4-2-6-21-20(18)5-3-7-22-21/h2-7,14-15,17H,8-13H2,1H3. The minimum absolute atomic E-state index is 0.162. The molecule has 140 valence electrons. The number of thiazole rings is 1. The molecule has 27 heavy (non-hydrogen) atoms. The highest BCUT2D eigenvalue weighted by atomic mass is 32.1. The number of benzene rings is 1. The summed E-state index contributed by atoms with van der Waals surface area (Å²) in [4.78, 5) is 25.4. The molecule has 0 N–H and O–H groups in total. The van der Waals surface area contributed by atoms with Crippen LogP contribution in [0.1, 0.15) is 18.2 Å². The van der Waals surface area contributed by atoms with Crippen molar-refractivity contribution in [1.82, 2.24) is 19.8 Å². The fraction of sp³-hybridized carbons (Fsp3) is 0.381. The van der Waals surface area contributed by atoms with Gasteiger partial charge >= 0.3 is 0 Å². The van der Waals surface area contributed by atoms with E-state index in [-0.39, 0.29) is 5.91 Å². The number of carbonyl (C=O) groups is 1. The van der Waals surface area contributed by atoms with E-state index in [0.29, 0.717) is 5.92 Å². The molecule has 1 aliphatic heterocycles. The summed E-state index contributed by atoms with van der Waals surface area (Å²) >= 11 is 1.63. The molecule has 5 nitrogen and oxygen atoms in total. The maximum atomic E-state index is 12.1. The molecule has 3 heterocycles. The molecule has 6 heteroatoms. The highest BCUT2D eigenvalue weighted by Crippen LogP contribution is 2.23. The Kier molecular flexibility index (Phi) is 5.45. The number of fused-ring (bicyclic) bond motifs is 1. The van der Waals surface area contributed by atoms with E-state index in [0.717, 1.165) is 50.4 Å². The van der Waals surface area contributed by atoms with Crippen LogP contribution in [0.4, 0.5) is 0 Å². The molecule has 4 rings (SSSR count). The Morgan fingerprint density at radius 3 is 2.93 bits per heavy atom. The van der Waals surface area contributed by atoms with Crippen molar-refractivity contribution in [2.75, 3.05) is 26.2 Å². The zero-order valence-corrected chi connectivity index (χ0v) is 16.4. The third-order valence-electron chi connectivity index (χ3n) is 5.24. The molecule has 1 atom stereocenters. The number of amides is 1. The summed E-state index contributed by atoms with van der Waals surface area (Å²) in [5, 5.41) is 3.32. The molecule has 0 bridgehead atoms. The van der Waals surface area contributed by atoms with Crippen molar-refractivity contribution < 1.29 is 4.79 Å². The highest BCUT2D eigenvalue weighted by Gasteiger charge is 2.25. The molecule has 3 aromatic rings. The van der Waals surface area contributed by atoms with E-state index in [1.165, 1.54) is 10.9 Å². The zero-order valence-electron chi connectivity index (χ0n) is 15.5. The van der Waals surface area contributed by atoms with Gasteiger partial charge in [-0.15, -0.1) is 11.3 Å². The first-order chi connectivity index (χ1) is 13.2. The van der Waals surface area contributed by atoms with Crippen molar-refractivity contribution in [3.63, 3.8) is 0 Å².